The first-order chi connectivity index (χ1) is 14.4. The molecule has 2 saturated heterocycles. The molecular weight excluding hydrogens is 410 g/mol. The molecule has 2 aliphatic heterocycles. The minimum Gasteiger partial charge on any atom is -0.497 e. The number of piperidine rings is 1. The maximum absolute atomic E-state index is 12.9. The maximum Gasteiger partial charge on any atom is 0.313 e. The Labute approximate surface area is 178 Å². The fourth-order valence-corrected chi connectivity index (χ4v) is 4.32. The third-order valence-corrected chi connectivity index (χ3v) is 6.14. The summed E-state index contributed by atoms with van der Waals surface area (Å²) < 4.78 is 5.14. The number of rotatable bonds is 8. The van der Waals surface area contributed by atoms with Crippen LogP contribution in [0.4, 0.5) is 0 Å². The highest BCUT2D eigenvalue weighted by molar-refractivity contribution is 8.00. The molecule has 10 heteroatoms. The third kappa shape index (κ3) is 5.44. The van der Waals surface area contributed by atoms with Crippen molar-refractivity contribution in [3.63, 3.8) is 0 Å². The van der Waals surface area contributed by atoms with Gasteiger partial charge >= 0.3 is 5.97 Å². The van der Waals surface area contributed by atoms with Crippen molar-refractivity contribution in [1.29, 1.82) is 0 Å². The minimum atomic E-state index is -0.970. The Hall–Kier alpha value is -2.75. The van der Waals surface area contributed by atoms with Crippen LogP contribution < -0.4 is 15.4 Å². The standard InChI is InChI=1S/C20H25N3O6S/c1-29-14-4-2-12(3-5-14)8-15-20(28)23-7-6-13(9-16(23)19(27)22-15)21-17(24)10-30-11-18(25)26/h2-5,13,15-16H,6-11H2,1H3,(H,21,24)(H,22,27)(H,25,26)/t13-,15+,16-/m0/s1. The van der Waals surface area contributed by atoms with Crippen molar-refractivity contribution in [3.05, 3.63) is 29.8 Å². The summed E-state index contributed by atoms with van der Waals surface area (Å²) in [6.45, 7) is 0.392. The molecule has 1 aromatic carbocycles. The Bertz CT molecular complexity index is 815. The molecule has 3 amide bonds. The smallest absolute Gasteiger partial charge is 0.313 e. The van der Waals surface area contributed by atoms with Gasteiger partial charge in [0.2, 0.25) is 17.7 Å². The van der Waals surface area contributed by atoms with E-state index in [1.807, 2.05) is 24.3 Å². The van der Waals surface area contributed by atoms with Crippen LogP contribution in [-0.4, -0.2) is 77.0 Å². The lowest BCUT2D eigenvalue weighted by atomic mass is 9.91. The van der Waals surface area contributed by atoms with E-state index in [1.165, 1.54) is 0 Å². The lowest BCUT2D eigenvalue weighted by Crippen LogP contribution is -2.67. The van der Waals surface area contributed by atoms with Crippen molar-refractivity contribution >= 4 is 35.5 Å². The van der Waals surface area contributed by atoms with E-state index in [-0.39, 0.29) is 35.3 Å². The second-order valence-corrected chi connectivity index (χ2v) is 8.32. The largest absolute Gasteiger partial charge is 0.497 e. The van der Waals surface area contributed by atoms with E-state index in [0.29, 0.717) is 25.8 Å². The zero-order valence-corrected chi connectivity index (χ0v) is 17.4. The van der Waals surface area contributed by atoms with Crippen LogP contribution in [-0.2, 0) is 25.6 Å². The van der Waals surface area contributed by atoms with Crippen molar-refractivity contribution in [3.8, 4) is 5.75 Å². The second kappa shape index (κ2) is 9.84. The molecule has 0 spiro atoms. The number of hydrogen-bond acceptors (Lipinski definition) is 6. The van der Waals surface area contributed by atoms with Gasteiger partial charge in [0.25, 0.3) is 0 Å². The average Bonchev–Trinajstić information content (AvgIpc) is 2.72. The number of carbonyl (C=O) groups is 4. The Morgan fingerprint density at radius 2 is 2.00 bits per heavy atom. The van der Waals surface area contributed by atoms with Gasteiger partial charge in [0.05, 0.1) is 18.6 Å². The van der Waals surface area contributed by atoms with Gasteiger partial charge in [-0.3, -0.25) is 19.2 Å². The van der Waals surface area contributed by atoms with Gasteiger partial charge in [-0.05, 0) is 30.5 Å². The molecule has 3 atom stereocenters. The molecule has 3 rings (SSSR count). The Kier molecular flexibility index (Phi) is 7.20. The third-order valence-electron chi connectivity index (χ3n) is 5.23. The summed E-state index contributed by atoms with van der Waals surface area (Å²) in [6.07, 6.45) is 1.31. The van der Waals surface area contributed by atoms with Crippen LogP contribution >= 0.6 is 11.8 Å². The predicted octanol–water partition coefficient (Wildman–Crippen LogP) is 0.0297. The molecule has 0 radical (unpaired) electrons. The number of amides is 3. The number of nitrogens with one attached hydrogen (secondary N) is 2. The molecular formula is C20H25N3O6S. The molecule has 0 bridgehead atoms. The predicted molar refractivity (Wildman–Crippen MR) is 110 cm³/mol. The van der Waals surface area contributed by atoms with E-state index < -0.39 is 18.1 Å². The molecule has 0 aliphatic carbocycles. The highest BCUT2D eigenvalue weighted by Crippen LogP contribution is 2.24. The summed E-state index contributed by atoms with van der Waals surface area (Å²) in [5.74, 6) is -0.928. The highest BCUT2D eigenvalue weighted by atomic mass is 32.2. The minimum absolute atomic E-state index is 0.0479. The number of nitrogens with zero attached hydrogens (tertiary/aromatic N) is 1. The number of thioether (sulfide) groups is 1. The van der Waals surface area contributed by atoms with Gasteiger partial charge in [-0.15, -0.1) is 11.8 Å². The zero-order chi connectivity index (χ0) is 21.7. The number of benzene rings is 1. The Morgan fingerprint density at radius 3 is 2.67 bits per heavy atom. The number of piperazine rings is 1. The molecule has 9 nitrogen and oxygen atoms in total. The number of carbonyl (C=O) groups excluding carboxylic acids is 3. The lowest BCUT2D eigenvalue weighted by molar-refractivity contribution is -0.151. The van der Waals surface area contributed by atoms with Crippen LogP contribution in [0.3, 0.4) is 0 Å². The van der Waals surface area contributed by atoms with Crippen LogP contribution in [0.1, 0.15) is 18.4 Å². The number of carboxylic acids is 1. The normalized spacial score (nSPS) is 23.4. The molecule has 0 unspecified atom stereocenters. The van der Waals surface area contributed by atoms with Crippen LogP contribution in [0.5, 0.6) is 5.75 Å². The number of methoxy groups -OCH3 is 1. The first kappa shape index (κ1) is 21.9. The molecule has 3 N–H and O–H groups in total. The molecule has 2 fully saturated rings. The summed E-state index contributed by atoms with van der Waals surface area (Å²) in [5.41, 5.74) is 0.925. The molecule has 0 saturated carbocycles. The summed E-state index contributed by atoms with van der Waals surface area (Å²) >= 11 is 1.02. The molecule has 2 heterocycles. The molecule has 2 aliphatic rings. The van der Waals surface area contributed by atoms with Crippen molar-refractivity contribution in [2.75, 3.05) is 25.2 Å². The van der Waals surface area contributed by atoms with E-state index in [9.17, 15) is 19.2 Å². The van der Waals surface area contributed by atoms with Gasteiger partial charge in [-0.25, -0.2) is 0 Å². The quantitative estimate of drug-likeness (QED) is 0.526. The second-order valence-electron chi connectivity index (χ2n) is 7.34. The Morgan fingerprint density at radius 1 is 1.27 bits per heavy atom. The van der Waals surface area contributed by atoms with Crippen LogP contribution in [0, 0.1) is 0 Å². The first-order valence-corrected chi connectivity index (χ1v) is 10.9. The molecule has 1 aromatic rings. The van der Waals surface area contributed by atoms with Gasteiger partial charge in [-0.1, -0.05) is 12.1 Å². The molecule has 162 valence electrons. The zero-order valence-electron chi connectivity index (χ0n) is 16.6. The van der Waals surface area contributed by atoms with E-state index in [4.69, 9.17) is 9.84 Å². The van der Waals surface area contributed by atoms with E-state index in [0.717, 1.165) is 23.1 Å². The summed E-state index contributed by atoms with van der Waals surface area (Å²) in [5, 5.41) is 14.3. The summed E-state index contributed by atoms with van der Waals surface area (Å²) in [7, 11) is 1.58. The van der Waals surface area contributed by atoms with Gasteiger partial charge in [0, 0.05) is 19.0 Å². The number of fused-ring (bicyclic) bond motifs is 1. The number of carboxylic acid groups (broad SMARTS) is 1. The van der Waals surface area contributed by atoms with Crippen molar-refractivity contribution in [2.24, 2.45) is 0 Å². The average molecular weight is 436 g/mol. The Balaban J connectivity index is 1.54. The van der Waals surface area contributed by atoms with Crippen molar-refractivity contribution in [2.45, 2.75) is 37.4 Å². The summed E-state index contributed by atoms with van der Waals surface area (Å²) in [4.78, 5) is 49.7. The number of aliphatic carboxylic acids is 1. The number of ether oxygens (including phenoxy) is 1. The SMILES string of the molecule is COc1ccc(C[C@H]2NC(=O)[C@@H]3C[C@@H](NC(=O)CSCC(=O)O)CCN3C2=O)cc1. The topological polar surface area (TPSA) is 125 Å². The fourth-order valence-electron chi connectivity index (χ4n) is 3.77. The van der Waals surface area contributed by atoms with Crippen molar-refractivity contribution < 1.29 is 29.0 Å². The van der Waals surface area contributed by atoms with Gasteiger partial charge in [-0.2, -0.15) is 0 Å². The van der Waals surface area contributed by atoms with Gasteiger partial charge in [0.15, 0.2) is 0 Å². The molecule has 0 aromatic heterocycles. The monoisotopic (exact) mass is 435 g/mol. The van der Waals surface area contributed by atoms with Crippen LogP contribution in [0.25, 0.3) is 0 Å². The highest BCUT2D eigenvalue weighted by Gasteiger charge is 2.43. The fraction of sp³-hybridized carbons (Fsp3) is 0.500. The van der Waals surface area contributed by atoms with Gasteiger partial charge < -0.3 is 25.4 Å². The first-order valence-electron chi connectivity index (χ1n) is 9.70. The van der Waals surface area contributed by atoms with Crippen LogP contribution in [0.15, 0.2) is 24.3 Å². The summed E-state index contributed by atoms with van der Waals surface area (Å²) in [6, 6.07) is 5.94. The van der Waals surface area contributed by atoms with Crippen LogP contribution in [0.2, 0.25) is 0 Å². The lowest BCUT2D eigenvalue weighted by Gasteiger charge is -2.44. The van der Waals surface area contributed by atoms with E-state index in [2.05, 4.69) is 10.6 Å². The van der Waals surface area contributed by atoms with Gasteiger partial charge in [0.1, 0.15) is 17.8 Å². The van der Waals surface area contributed by atoms with Crippen molar-refractivity contribution in [1.82, 2.24) is 15.5 Å². The number of hydrogen-bond donors (Lipinski definition) is 3. The van der Waals surface area contributed by atoms with E-state index >= 15 is 0 Å². The van der Waals surface area contributed by atoms with E-state index in [1.54, 1.807) is 12.0 Å². The maximum atomic E-state index is 12.9. The molecule has 30 heavy (non-hydrogen) atoms.